The fourth-order valence-electron chi connectivity index (χ4n) is 2.59. The van der Waals surface area contributed by atoms with Gasteiger partial charge in [-0.05, 0) is 12.8 Å². The van der Waals surface area contributed by atoms with Crippen molar-refractivity contribution in [2.75, 3.05) is 32.8 Å². The molecule has 1 amide bonds. The Morgan fingerprint density at radius 3 is 2.62 bits per heavy atom. The van der Waals surface area contributed by atoms with Gasteiger partial charge in [0.15, 0.2) is 0 Å². The second-order valence-electron chi connectivity index (χ2n) is 5.76. The van der Waals surface area contributed by atoms with Gasteiger partial charge in [0.1, 0.15) is 18.7 Å². The summed E-state index contributed by atoms with van der Waals surface area (Å²) in [5, 5.41) is 7.05. The molecule has 0 aliphatic carbocycles. The van der Waals surface area contributed by atoms with Crippen LogP contribution in [0.25, 0.3) is 0 Å². The maximum Gasteiger partial charge on any atom is 0.244 e. The van der Waals surface area contributed by atoms with Gasteiger partial charge in [-0.2, -0.15) is 5.10 Å². The number of morpholine rings is 1. The Kier molecular flexibility index (Phi) is 5.69. The minimum atomic E-state index is -0.343. The fraction of sp³-hybridized carbons (Fsp3) is 0.786. The molecule has 1 aliphatic rings. The SMILES string of the molecule is CC(C)[C@@H](CNC(=O)[C@H](C)n1cncn1)N1CCOCC1. The predicted octanol–water partition coefficient (Wildman–Crippen LogP) is 0.312. The van der Waals surface area contributed by atoms with Crippen LogP contribution in [0.1, 0.15) is 26.8 Å². The summed E-state index contributed by atoms with van der Waals surface area (Å²) < 4.78 is 6.96. The van der Waals surface area contributed by atoms with Crippen molar-refractivity contribution in [3.63, 3.8) is 0 Å². The average Bonchev–Trinajstić information content (AvgIpc) is 3.01. The Balaban J connectivity index is 1.87. The summed E-state index contributed by atoms with van der Waals surface area (Å²) in [7, 11) is 0. The number of ether oxygens (including phenoxy) is 1. The molecule has 21 heavy (non-hydrogen) atoms. The van der Waals surface area contributed by atoms with Gasteiger partial charge in [0.05, 0.1) is 13.2 Å². The largest absolute Gasteiger partial charge is 0.379 e. The lowest BCUT2D eigenvalue weighted by molar-refractivity contribution is -0.124. The van der Waals surface area contributed by atoms with Crippen molar-refractivity contribution in [3.8, 4) is 0 Å². The molecule has 1 saturated heterocycles. The van der Waals surface area contributed by atoms with Crippen molar-refractivity contribution in [2.24, 2.45) is 5.92 Å². The van der Waals surface area contributed by atoms with Gasteiger partial charge < -0.3 is 10.1 Å². The number of carbonyl (C=O) groups is 1. The first-order valence-electron chi connectivity index (χ1n) is 7.53. The normalized spacial score (nSPS) is 19.4. The summed E-state index contributed by atoms with van der Waals surface area (Å²) in [4.78, 5) is 18.5. The third kappa shape index (κ3) is 4.25. The van der Waals surface area contributed by atoms with Crippen LogP contribution in [0.4, 0.5) is 0 Å². The van der Waals surface area contributed by atoms with E-state index in [1.807, 2.05) is 6.92 Å². The number of nitrogens with zero attached hydrogens (tertiary/aromatic N) is 4. The lowest BCUT2D eigenvalue weighted by Gasteiger charge is -2.37. The van der Waals surface area contributed by atoms with Crippen LogP contribution in [0, 0.1) is 5.92 Å². The molecule has 0 spiro atoms. The van der Waals surface area contributed by atoms with Crippen molar-refractivity contribution in [1.82, 2.24) is 25.0 Å². The van der Waals surface area contributed by atoms with E-state index in [0.29, 0.717) is 18.5 Å². The fourth-order valence-corrected chi connectivity index (χ4v) is 2.59. The molecule has 1 N–H and O–H groups in total. The van der Waals surface area contributed by atoms with Gasteiger partial charge in [0.2, 0.25) is 5.91 Å². The van der Waals surface area contributed by atoms with Crippen molar-refractivity contribution in [1.29, 1.82) is 0 Å². The van der Waals surface area contributed by atoms with E-state index in [9.17, 15) is 4.79 Å². The Labute approximate surface area is 125 Å². The van der Waals surface area contributed by atoms with E-state index in [1.165, 1.54) is 6.33 Å². The summed E-state index contributed by atoms with van der Waals surface area (Å²) in [5.74, 6) is 0.449. The van der Waals surface area contributed by atoms with Gasteiger partial charge in [-0.1, -0.05) is 13.8 Å². The van der Waals surface area contributed by atoms with E-state index in [4.69, 9.17) is 4.74 Å². The molecule has 0 saturated carbocycles. The second kappa shape index (κ2) is 7.51. The number of aromatic nitrogens is 3. The summed E-state index contributed by atoms with van der Waals surface area (Å²) >= 11 is 0. The van der Waals surface area contributed by atoms with Crippen molar-refractivity contribution in [2.45, 2.75) is 32.9 Å². The quantitative estimate of drug-likeness (QED) is 0.818. The highest BCUT2D eigenvalue weighted by Gasteiger charge is 2.25. The summed E-state index contributed by atoms with van der Waals surface area (Å²) in [6.45, 7) is 10.2. The molecule has 1 aliphatic heterocycles. The number of hydrogen-bond acceptors (Lipinski definition) is 5. The van der Waals surface area contributed by atoms with Gasteiger partial charge in [-0.15, -0.1) is 0 Å². The Hall–Kier alpha value is -1.47. The molecule has 0 unspecified atom stereocenters. The molecule has 0 bridgehead atoms. The number of nitrogens with one attached hydrogen (secondary N) is 1. The maximum absolute atomic E-state index is 12.2. The van der Waals surface area contributed by atoms with Gasteiger partial charge in [0, 0.05) is 25.7 Å². The van der Waals surface area contributed by atoms with Crippen LogP contribution in [0.15, 0.2) is 12.7 Å². The van der Waals surface area contributed by atoms with Crippen molar-refractivity contribution < 1.29 is 9.53 Å². The van der Waals surface area contributed by atoms with Crippen molar-refractivity contribution >= 4 is 5.91 Å². The van der Waals surface area contributed by atoms with E-state index in [1.54, 1.807) is 11.0 Å². The molecular weight excluding hydrogens is 270 g/mol. The zero-order valence-corrected chi connectivity index (χ0v) is 13.0. The first-order valence-corrected chi connectivity index (χ1v) is 7.53. The minimum absolute atomic E-state index is 0.0283. The molecular formula is C14H25N5O2. The van der Waals surface area contributed by atoms with Crippen LogP contribution < -0.4 is 5.32 Å². The van der Waals surface area contributed by atoms with E-state index >= 15 is 0 Å². The Morgan fingerprint density at radius 1 is 1.33 bits per heavy atom. The van der Waals surface area contributed by atoms with Crippen LogP contribution in [0.2, 0.25) is 0 Å². The monoisotopic (exact) mass is 295 g/mol. The predicted molar refractivity (Wildman–Crippen MR) is 78.8 cm³/mol. The topological polar surface area (TPSA) is 72.3 Å². The molecule has 118 valence electrons. The molecule has 1 aromatic heterocycles. The van der Waals surface area contributed by atoms with Gasteiger partial charge in [-0.3, -0.25) is 9.69 Å². The van der Waals surface area contributed by atoms with E-state index < -0.39 is 0 Å². The van der Waals surface area contributed by atoms with Crippen LogP contribution >= 0.6 is 0 Å². The van der Waals surface area contributed by atoms with Crippen LogP contribution in [-0.2, 0) is 9.53 Å². The highest BCUT2D eigenvalue weighted by atomic mass is 16.5. The van der Waals surface area contributed by atoms with Crippen LogP contribution in [0.3, 0.4) is 0 Å². The zero-order valence-electron chi connectivity index (χ0n) is 13.0. The second-order valence-corrected chi connectivity index (χ2v) is 5.76. The van der Waals surface area contributed by atoms with E-state index in [-0.39, 0.29) is 11.9 Å². The molecule has 1 fully saturated rings. The molecule has 0 aromatic carbocycles. The highest BCUT2D eigenvalue weighted by Crippen LogP contribution is 2.12. The molecule has 7 nitrogen and oxygen atoms in total. The maximum atomic E-state index is 12.2. The first-order chi connectivity index (χ1) is 10.1. The molecule has 2 rings (SSSR count). The third-order valence-electron chi connectivity index (χ3n) is 3.98. The number of carbonyl (C=O) groups excluding carboxylic acids is 1. The standard InChI is InChI=1S/C14H25N5O2/c1-11(2)13(18-4-6-21-7-5-18)8-16-14(20)12(3)19-10-15-9-17-19/h9-13H,4-8H2,1-3H3,(H,16,20)/t12-,13+/m0/s1. The van der Waals surface area contributed by atoms with E-state index in [0.717, 1.165) is 26.3 Å². The zero-order chi connectivity index (χ0) is 15.2. The van der Waals surface area contributed by atoms with Crippen LogP contribution in [0.5, 0.6) is 0 Å². The summed E-state index contributed by atoms with van der Waals surface area (Å²) in [6.07, 6.45) is 3.00. The molecule has 7 heteroatoms. The van der Waals surface area contributed by atoms with Gasteiger partial charge in [-0.25, -0.2) is 9.67 Å². The smallest absolute Gasteiger partial charge is 0.244 e. The molecule has 0 radical (unpaired) electrons. The Morgan fingerprint density at radius 2 is 2.05 bits per heavy atom. The van der Waals surface area contributed by atoms with Gasteiger partial charge in [0.25, 0.3) is 0 Å². The number of rotatable bonds is 6. The highest BCUT2D eigenvalue weighted by molar-refractivity contribution is 5.79. The third-order valence-corrected chi connectivity index (χ3v) is 3.98. The molecule has 1 aromatic rings. The average molecular weight is 295 g/mol. The number of hydrogen-bond donors (Lipinski definition) is 1. The summed E-state index contributed by atoms with van der Waals surface area (Å²) in [5.41, 5.74) is 0. The molecule has 2 atom stereocenters. The summed E-state index contributed by atoms with van der Waals surface area (Å²) in [6, 6.07) is -0.00852. The van der Waals surface area contributed by atoms with Crippen molar-refractivity contribution in [3.05, 3.63) is 12.7 Å². The van der Waals surface area contributed by atoms with Gasteiger partial charge >= 0.3 is 0 Å². The first kappa shape index (κ1) is 15.9. The minimum Gasteiger partial charge on any atom is -0.379 e. The van der Waals surface area contributed by atoms with Crippen LogP contribution in [-0.4, -0.2) is 64.5 Å². The lowest BCUT2D eigenvalue weighted by Crippen LogP contribution is -2.51. The lowest BCUT2D eigenvalue weighted by atomic mass is 10.0. The number of amides is 1. The Bertz CT molecular complexity index is 429. The van der Waals surface area contributed by atoms with E-state index in [2.05, 4.69) is 34.1 Å². The molecule has 2 heterocycles.